The molecule has 0 unspecified atom stereocenters. The van der Waals surface area contributed by atoms with Crippen LogP contribution >= 0.6 is 11.6 Å². The number of benzene rings is 1. The van der Waals surface area contributed by atoms with E-state index in [1.54, 1.807) is 0 Å². The number of rotatable bonds is 4. The molecule has 0 saturated heterocycles. The van der Waals surface area contributed by atoms with Gasteiger partial charge in [-0.1, -0.05) is 17.7 Å². The van der Waals surface area contributed by atoms with Crippen molar-refractivity contribution in [2.75, 3.05) is 5.32 Å². The zero-order valence-electron chi connectivity index (χ0n) is 10.2. The van der Waals surface area contributed by atoms with E-state index in [4.69, 9.17) is 16.7 Å². The summed E-state index contributed by atoms with van der Waals surface area (Å²) in [6.45, 7) is 0. The molecular weight excluding hydrogens is 305 g/mol. The number of nitrogens with one attached hydrogen (secondary N) is 1. The summed E-state index contributed by atoms with van der Waals surface area (Å²) in [7, 11) is 0. The molecule has 0 bridgehead atoms. The molecule has 1 heterocycles. The minimum absolute atomic E-state index is 0.152. The Bertz CT molecular complexity index is 738. The highest BCUT2D eigenvalue weighted by molar-refractivity contribution is 6.31. The molecule has 0 atom stereocenters. The second kappa shape index (κ2) is 5.71. The van der Waals surface area contributed by atoms with Crippen molar-refractivity contribution >= 4 is 34.8 Å². The third-order valence-corrected chi connectivity index (χ3v) is 2.79. The third-order valence-electron chi connectivity index (χ3n) is 2.49. The molecule has 0 spiro atoms. The molecule has 2 N–H and O–H groups in total. The second-order valence-corrected chi connectivity index (χ2v) is 4.26. The first-order chi connectivity index (χ1) is 9.90. The number of carboxylic acid groups (broad SMARTS) is 1. The summed E-state index contributed by atoms with van der Waals surface area (Å²) >= 11 is 5.60. The lowest BCUT2D eigenvalue weighted by atomic mass is 10.2. The SMILES string of the molecule is O=C(O)c1ccc([N+](=O)[O-])c(Nc2cccc(Cl)c2F)n1. The van der Waals surface area contributed by atoms with Gasteiger partial charge >= 0.3 is 11.7 Å². The number of nitro groups is 1. The molecule has 1 aromatic heterocycles. The Morgan fingerprint density at radius 2 is 2.10 bits per heavy atom. The zero-order valence-corrected chi connectivity index (χ0v) is 11.0. The Morgan fingerprint density at radius 3 is 2.71 bits per heavy atom. The van der Waals surface area contributed by atoms with Crippen molar-refractivity contribution in [3.05, 3.63) is 57.0 Å². The van der Waals surface area contributed by atoms with Crippen molar-refractivity contribution in [1.82, 2.24) is 4.98 Å². The van der Waals surface area contributed by atoms with E-state index in [1.807, 2.05) is 0 Å². The number of hydrogen-bond donors (Lipinski definition) is 2. The molecular formula is C12H7ClFN3O4. The summed E-state index contributed by atoms with van der Waals surface area (Å²) in [4.78, 5) is 24.6. The Kier molecular flexibility index (Phi) is 3.99. The van der Waals surface area contributed by atoms with Gasteiger partial charge in [0.1, 0.15) is 0 Å². The quantitative estimate of drug-likeness (QED) is 0.663. The van der Waals surface area contributed by atoms with Crippen LogP contribution in [0, 0.1) is 15.9 Å². The number of carboxylic acids is 1. The zero-order chi connectivity index (χ0) is 15.6. The molecule has 0 radical (unpaired) electrons. The van der Waals surface area contributed by atoms with Crippen molar-refractivity contribution in [1.29, 1.82) is 0 Å². The summed E-state index contributed by atoms with van der Waals surface area (Å²) < 4.78 is 13.8. The minimum atomic E-state index is -1.36. The van der Waals surface area contributed by atoms with Gasteiger partial charge in [-0.25, -0.2) is 14.2 Å². The van der Waals surface area contributed by atoms with Crippen LogP contribution in [-0.2, 0) is 0 Å². The maximum absolute atomic E-state index is 13.8. The lowest BCUT2D eigenvalue weighted by Gasteiger charge is -2.08. The monoisotopic (exact) mass is 311 g/mol. The maximum Gasteiger partial charge on any atom is 0.354 e. The normalized spacial score (nSPS) is 10.2. The topological polar surface area (TPSA) is 105 Å². The first-order valence-electron chi connectivity index (χ1n) is 5.50. The largest absolute Gasteiger partial charge is 0.477 e. The van der Waals surface area contributed by atoms with Gasteiger partial charge in [-0.3, -0.25) is 10.1 Å². The average molecular weight is 312 g/mol. The van der Waals surface area contributed by atoms with E-state index in [2.05, 4.69) is 10.3 Å². The molecule has 7 nitrogen and oxygen atoms in total. The highest BCUT2D eigenvalue weighted by Gasteiger charge is 2.20. The van der Waals surface area contributed by atoms with Crippen molar-refractivity contribution < 1.29 is 19.2 Å². The first kappa shape index (κ1) is 14.7. The number of aromatic nitrogens is 1. The van der Waals surface area contributed by atoms with Gasteiger partial charge in [0.25, 0.3) is 0 Å². The predicted molar refractivity (Wildman–Crippen MR) is 72.5 cm³/mol. The van der Waals surface area contributed by atoms with E-state index < -0.39 is 28.1 Å². The summed E-state index contributed by atoms with van der Waals surface area (Å²) in [5, 5.41) is 22.0. The van der Waals surface area contributed by atoms with Crippen LogP contribution in [0.3, 0.4) is 0 Å². The van der Waals surface area contributed by atoms with Crippen LogP contribution in [0.5, 0.6) is 0 Å². The molecule has 9 heteroatoms. The van der Waals surface area contributed by atoms with Crippen molar-refractivity contribution in [2.45, 2.75) is 0 Å². The van der Waals surface area contributed by atoms with E-state index in [0.29, 0.717) is 0 Å². The fourth-order valence-electron chi connectivity index (χ4n) is 1.54. The van der Waals surface area contributed by atoms with Gasteiger partial charge in [0.15, 0.2) is 11.5 Å². The number of anilines is 2. The van der Waals surface area contributed by atoms with Gasteiger partial charge in [-0.15, -0.1) is 0 Å². The molecule has 0 aliphatic carbocycles. The first-order valence-corrected chi connectivity index (χ1v) is 5.87. The van der Waals surface area contributed by atoms with Crippen LogP contribution in [0.15, 0.2) is 30.3 Å². The highest BCUT2D eigenvalue weighted by atomic mass is 35.5. The van der Waals surface area contributed by atoms with E-state index in [0.717, 1.165) is 12.1 Å². The van der Waals surface area contributed by atoms with E-state index in [9.17, 15) is 19.3 Å². The Morgan fingerprint density at radius 1 is 1.38 bits per heavy atom. The number of nitrogens with zero attached hydrogens (tertiary/aromatic N) is 2. The summed E-state index contributed by atoms with van der Waals surface area (Å²) in [5.41, 5.74) is -1.05. The molecule has 21 heavy (non-hydrogen) atoms. The summed E-state index contributed by atoms with van der Waals surface area (Å²) in [6, 6.07) is 5.99. The number of carbonyl (C=O) groups is 1. The fourth-order valence-corrected chi connectivity index (χ4v) is 1.71. The van der Waals surface area contributed by atoms with Crippen LogP contribution in [0.1, 0.15) is 10.5 Å². The Balaban J connectivity index is 2.51. The molecule has 0 amide bonds. The third kappa shape index (κ3) is 3.06. The predicted octanol–water partition coefficient (Wildman–Crippen LogP) is 3.22. The molecule has 0 aliphatic rings. The van der Waals surface area contributed by atoms with Crippen molar-refractivity contribution in [2.24, 2.45) is 0 Å². The van der Waals surface area contributed by atoms with Crippen LogP contribution in [0.25, 0.3) is 0 Å². The highest BCUT2D eigenvalue weighted by Crippen LogP contribution is 2.29. The molecule has 0 aliphatic heterocycles. The van der Waals surface area contributed by atoms with Crippen molar-refractivity contribution in [3.63, 3.8) is 0 Å². The number of pyridine rings is 1. The summed E-state index contributed by atoms with van der Waals surface area (Å²) in [6.07, 6.45) is 0. The van der Waals surface area contributed by atoms with Gasteiger partial charge in [0.2, 0.25) is 5.82 Å². The van der Waals surface area contributed by atoms with Gasteiger partial charge in [-0.2, -0.15) is 0 Å². The average Bonchev–Trinajstić information content (AvgIpc) is 2.43. The number of aromatic carboxylic acids is 1. The molecule has 2 rings (SSSR count). The van der Waals surface area contributed by atoms with E-state index in [-0.39, 0.29) is 16.5 Å². The van der Waals surface area contributed by atoms with Crippen LogP contribution < -0.4 is 5.32 Å². The van der Waals surface area contributed by atoms with Gasteiger partial charge in [-0.05, 0) is 18.2 Å². The van der Waals surface area contributed by atoms with Gasteiger partial charge in [0.05, 0.1) is 15.6 Å². The number of halogens is 2. The second-order valence-electron chi connectivity index (χ2n) is 3.85. The summed E-state index contributed by atoms with van der Waals surface area (Å²) in [5.74, 6) is -2.57. The molecule has 0 saturated carbocycles. The minimum Gasteiger partial charge on any atom is -0.477 e. The smallest absolute Gasteiger partial charge is 0.354 e. The van der Waals surface area contributed by atoms with Gasteiger partial charge < -0.3 is 10.4 Å². The standard InChI is InChI=1S/C12H7ClFN3O4/c13-6-2-1-3-7(10(6)14)15-11-9(17(20)21)5-4-8(16-11)12(18)19/h1-5H,(H,15,16)(H,18,19). The van der Waals surface area contributed by atoms with Crippen LogP contribution in [0.2, 0.25) is 5.02 Å². The van der Waals surface area contributed by atoms with Crippen LogP contribution in [0.4, 0.5) is 21.6 Å². The van der Waals surface area contributed by atoms with Crippen LogP contribution in [-0.4, -0.2) is 21.0 Å². The fraction of sp³-hybridized carbons (Fsp3) is 0. The lowest BCUT2D eigenvalue weighted by molar-refractivity contribution is -0.384. The molecule has 1 aromatic carbocycles. The molecule has 108 valence electrons. The Hall–Kier alpha value is -2.74. The van der Waals surface area contributed by atoms with Crippen molar-refractivity contribution in [3.8, 4) is 0 Å². The molecule has 0 fully saturated rings. The van der Waals surface area contributed by atoms with Gasteiger partial charge in [0, 0.05) is 6.07 Å². The van der Waals surface area contributed by atoms with E-state index in [1.165, 1.54) is 18.2 Å². The lowest BCUT2D eigenvalue weighted by Crippen LogP contribution is -2.06. The van der Waals surface area contributed by atoms with E-state index >= 15 is 0 Å². The molecule has 2 aromatic rings. The Labute approximate surface area is 122 Å². The number of hydrogen-bond acceptors (Lipinski definition) is 5. The maximum atomic E-state index is 13.8.